The van der Waals surface area contributed by atoms with Crippen molar-refractivity contribution < 1.29 is 4.79 Å². The van der Waals surface area contributed by atoms with Gasteiger partial charge in [0.05, 0.1) is 5.41 Å². The summed E-state index contributed by atoms with van der Waals surface area (Å²) in [5.41, 5.74) is 4.31. The number of rotatable bonds is 7. The molecule has 1 atom stereocenters. The van der Waals surface area contributed by atoms with Crippen LogP contribution in [-0.2, 0) is 16.6 Å². The largest absolute Gasteiger partial charge is 0.303 e. The van der Waals surface area contributed by atoms with E-state index >= 15 is 0 Å². The maximum Gasteiger partial charge on any atom is 0.135 e. The van der Waals surface area contributed by atoms with Gasteiger partial charge in [-0.15, -0.1) is 0 Å². The van der Waals surface area contributed by atoms with Crippen LogP contribution in [0.2, 0.25) is 0 Å². The second kappa shape index (κ2) is 9.40. The van der Waals surface area contributed by atoms with Crippen LogP contribution in [0.4, 0.5) is 0 Å². The molecule has 1 aliphatic heterocycles. The molecule has 30 heavy (non-hydrogen) atoms. The molecular formula is C28H31NO. The fourth-order valence-electron chi connectivity index (χ4n) is 4.97. The van der Waals surface area contributed by atoms with E-state index in [2.05, 4.69) is 84.6 Å². The third-order valence-electron chi connectivity index (χ3n) is 6.68. The van der Waals surface area contributed by atoms with E-state index in [0.29, 0.717) is 0 Å². The van der Waals surface area contributed by atoms with E-state index in [-0.39, 0.29) is 5.92 Å². The summed E-state index contributed by atoms with van der Waals surface area (Å²) in [4.78, 5) is 15.4. The predicted molar refractivity (Wildman–Crippen MR) is 124 cm³/mol. The highest BCUT2D eigenvalue weighted by atomic mass is 16.1. The van der Waals surface area contributed by atoms with Crippen molar-refractivity contribution in [3.63, 3.8) is 0 Å². The lowest BCUT2D eigenvalue weighted by Gasteiger charge is -2.43. The minimum absolute atomic E-state index is 0.270. The first-order valence-corrected chi connectivity index (χ1v) is 11.1. The zero-order chi connectivity index (χ0) is 20.8. The number of benzene rings is 3. The Labute approximate surface area is 180 Å². The van der Waals surface area contributed by atoms with Gasteiger partial charge in [-0.3, -0.25) is 0 Å². The van der Waals surface area contributed by atoms with Gasteiger partial charge < -0.3 is 9.69 Å². The smallest absolute Gasteiger partial charge is 0.135 e. The number of piperidine rings is 1. The van der Waals surface area contributed by atoms with Crippen molar-refractivity contribution >= 4 is 6.29 Å². The van der Waals surface area contributed by atoms with E-state index in [1.807, 2.05) is 12.1 Å². The normalized spacial score (nSPS) is 17.6. The average Bonchev–Trinajstić information content (AvgIpc) is 2.81. The van der Waals surface area contributed by atoms with Gasteiger partial charge in [-0.25, -0.2) is 0 Å². The molecule has 0 saturated carbocycles. The highest BCUT2D eigenvalue weighted by Gasteiger charge is 2.43. The van der Waals surface area contributed by atoms with E-state index in [1.54, 1.807) is 0 Å². The molecule has 154 valence electrons. The Morgan fingerprint density at radius 3 is 2.07 bits per heavy atom. The zero-order valence-electron chi connectivity index (χ0n) is 17.8. The molecule has 0 bridgehead atoms. The minimum atomic E-state index is -0.592. The van der Waals surface area contributed by atoms with Crippen LogP contribution in [0.5, 0.6) is 0 Å². The van der Waals surface area contributed by atoms with Crippen LogP contribution in [0.1, 0.15) is 35.1 Å². The molecule has 0 radical (unpaired) electrons. The van der Waals surface area contributed by atoms with E-state index < -0.39 is 5.41 Å². The molecule has 0 aliphatic carbocycles. The highest BCUT2D eigenvalue weighted by molar-refractivity contribution is 5.76. The Morgan fingerprint density at radius 1 is 0.900 bits per heavy atom. The van der Waals surface area contributed by atoms with Gasteiger partial charge in [-0.1, -0.05) is 90.5 Å². The fraction of sp³-hybridized carbons (Fsp3) is 0.321. The Bertz CT molecular complexity index is 894. The standard InChI is InChI=1S/C28H31NO/c1-23-14-16-24(17-15-23)18-20-29-19-8-13-27(21-29)28(22-30,25-9-4-2-5-10-25)26-11-6-3-7-12-26/h2-7,9-12,14-17,22,27H,8,13,18-21H2,1H3. The van der Waals surface area contributed by atoms with Gasteiger partial charge in [0.15, 0.2) is 0 Å². The highest BCUT2D eigenvalue weighted by Crippen LogP contribution is 2.41. The van der Waals surface area contributed by atoms with Gasteiger partial charge in [-0.05, 0) is 55.3 Å². The van der Waals surface area contributed by atoms with E-state index in [4.69, 9.17) is 0 Å². The molecule has 1 saturated heterocycles. The van der Waals surface area contributed by atoms with Crippen LogP contribution >= 0.6 is 0 Å². The number of hydrogen-bond acceptors (Lipinski definition) is 2. The van der Waals surface area contributed by atoms with Crippen LogP contribution in [0.15, 0.2) is 84.9 Å². The summed E-state index contributed by atoms with van der Waals surface area (Å²) in [5, 5.41) is 0. The number of aryl methyl sites for hydroxylation is 1. The first-order valence-electron chi connectivity index (χ1n) is 11.1. The number of hydrogen-bond donors (Lipinski definition) is 0. The minimum Gasteiger partial charge on any atom is -0.303 e. The zero-order valence-corrected chi connectivity index (χ0v) is 17.8. The van der Waals surface area contributed by atoms with Gasteiger partial charge in [-0.2, -0.15) is 0 Å². The maximum absolute atomic E-state index is 12.8. The van der Waals surface area contributed by atoms with E-state index in [9.17, 15) is 4.79 Å². The quantitative estimate of drug-likeness (QED) is 0.495. The summed E-state index contributed by atoms with van der Waals surface area (Å²) in [7, 11) is 0. The third-order valence-corrected chi connectivity index (χ3v) is 6.68. The number of likely N-dealkylation sites (tertiary alicyclic amines) is 1. The number of carbonyl (C=O) groups excluding carboxylic acids is 1. The van der Waals surface area contributed by atoms with Crippen LogP contribution in [0, 0.1) is 12.8 Å². The Balaban J connectivity index is 1.59. The molecule has 4 rings (SSSR count). The van der Waals surface area contributed by atoms with Crippen LogP contribution in [0.3, 0.4) is 0 Å². The number of aldehydes is 1. The van der Waals surface area contributed by atoms with Crippen LogP contribution in [-0.4, -0.2) is 30.8 Å². The molecule has 3 aromatic carbocycles. The molecule has 0 N–H and O–H groups in total. The maximum atomic E-state index is 12.8. The van der Waals surface area contributed by atoms with Crippen molar-refractivity contribution in [1.29, 1.82) is 0 Å². The van der Waals surface area contributed by atoms with Crippen molar-refractivity contribution in [3.8, 4) is 0 Å². The Morgan fingerprint density at radius 2 is 1.50 bits per heavy atom. The first-order chi connectivity index (χ1) is 14.7. The third kappa shape index (κ3) is 4.24. The van der Waals surface area contributed by atoms with Crippen molar-refractivity contribution in [2.75, 3.05) is 19.6 Å². The van der Waals surface area contributed by atoms with Crippen molar-refractivity contribution in [2.24, 2.45) is 5.92 Å². The van der Waals surface area contributed by atoms with E-state index in [1.165, 1.54) is 17.4 Å². The number of carbonyl (C=O) groups is 1. The SMILES string of the molecule is Cc1ccc(CCN2CCCC(C(C=O)(c3ccccc3)c3ccccc3)C2)cc1. The fourth-order valence-corrected chi connectivity index (χ4v) is 4.97. The number of nitrogens with zero attached hydrogens (tertiary/aromatic N) is 1. The van der Waals surface area contributed by atoms with Crippen LogP contribution < -0.4 is 0 Å². The summed E-state index contributed by atoms with van der Waals surface area (Å²) in [6.07, 6.45) is 4.47. The Kier molecular flexibility index (Phi) is 6.44. The van der Waals surface area contributed by atoms with Crippen molar-refractivity contribution in [1.82, 2.24) is 4.90 Å². The lowest BCUT2D eigenvalue weighted by molar-refractivity contribution is -0.113. The summed E-state index contributed by atoms with van der Waals surface area (Å²) in [6.45, 7) is 5.23. The summed E-state index contributed by atoms with van der Waals surface area (Å²) in [6, 6.07) is 29.6. The van der Waals surface area contributed by atoms with Gasteiger partial charge >= 0.3 is 0 Å². The molecule has 0 amide bonds. The molecule has 1 aliphatic rings. The van der Waals surface area contributed by atoms with Gasteiger partial charge in [0.1, 0.15) is 6.29 Å². The summed E-state index contributed by atoms with van der Waals surface area (Å²) >= 11 is 0. The molecule has 1 fully saturated rings. The molecule has 2 nitrogen and oxygen atoms in total. The first kappa shape index (κ1) is 20.6. The monoisotopic (exact) mass is 397 g/mol. The molecule has 1 heterocycles. The lowest BCUT2D eigenvalue weighted by Crippen LogP contribution is -2.48. The topological polar surface area (TPSA) is 20.3 Å². The van der Waals surface area contributed by atoms with Gasteiger partial charge in [0.2, 0.25) is 0 Å². The van der Waals surface area contributed by atoms with E-state index in [0.717, 1.165) is 50.0 Å². The molecule has 0 spiro atoms. The van der Waals surface area contributed by atoms with Gasteiger partial charge in [0.25, 0.3) is 0 Å². The Hall–Kier alpha value is -2.71. The summed E-state index contributed by atoms with van der Waals surface area (Å²) < 4.78 is 0. The second-order valence-electron chi connectivity index (χ2n) is 8.59. The second-order valence-corrected chi connectivity index (χ2v) is 8.59. The summed E-state index contributed by atoms with van der Waals surface area (Å²) in [5.74, 6) is 0.270. The van der Waals surface area contributed by atoms with Gasteiger partial charge in [0, 0.05) is 13.1 Å². The van der Waals surface area contributed by atoms with Crippen LogP contribution in [0.25, 0.3) is 0 Å². The van der Waals surface area contributed by atoms with Crippen molar-refractivity contribution in [3.05, 3.63) is 107 Å². The molecule has 1 unspecified atom stereocenters. The molecule has 3 aromatic rings. The van der Waals surface area contributed by atoms with Crippen molar-refractivity contribution in [2.45, 2.75) is 31.6 Å². The molecule has 0 aromatic heterocycles. The lowest BCUT2D eigenvalue weighted by atomic mass is 9.64. The molecule has 2 heteroatoms. The molecular weight excluding hydrogens is 366 g/mol. The predicted octanol–water partition coefficient (Wildman–Crippen LogP) is 5.43. The average molecular weight is 398 g/mol.